The van der Waals surface area contributed by atoms with Gasteiger partial charge in [0.1, 0.15) is 0 Å². The third-order valence-corrected chi connectivity index (χ3v) is 7.97. The highest BCUT2D eigenvalue weighted by atomic mass is 19.4. The second-order valence-electron chi connectivity index (χ2n) is 10.3. The van der Waals surface area contributed by atoms with E-state index in [-0.39, 0.29) is 11.0 Å². The van der Waals surface area contributed by atoms with Gasteiger partial charge in [0.05, 0.1) is 24.3 Å². The summed E-state index contributed by atoms with van der Waals surface area (Å²) < 4.78 is 38.7. The summed E-state index contributed by atoms with van der Waals surface area (Å²) in [6.45, 7) is 0.584. The first-order valence-corrected chi connectivity index (χ1v) is 12.6. The minimum atomic E-state index is -4.56. The molecule has 6 nitrogen and oxygen atoms in total. The van der Waals surface area contributed by atoms with Crippen molar-refractivity contribution < 1.29 is 27.9 Å². The fraction of sp³-hybridized carbons (Fsp3) is 0.429. The first-order chi connectivity index (χ1) is 17.6. The Labute approximate surface area is 213 Å². The van der Waals surface area contributed by atoms with Crippen LogP contribution < -0.4 is 10.6 Å². The molecule has 1 spiro atoms. The van der Waals surface area contributed by atoms with Crippen molar-refractivity contribution in [3.63, 3.8) is 0 Å². The lowest BCUT2D eigenvalue weighted by molar-refractivity contribution is -0.137. The molecule has 2 aliphatic carbocycles. The van der Waals surface area contributed by atoms with Crippen molar-refractivity contribution in [2.24, 2.45) is 0 Å². The Morgan fingerprint density at radius 1 is 1.05 bits per heavy atom. The van der Waals surface area contributed by atoms with Gasteiger partial charge in [-0.3, -0.25) is 14.5 Å². The Morgan fingerprint density at radius 3 is 2.57 bits per heavy atom. The summed E-state index contributed by atoms with van der Waals surface area (Å²) in [6, 6.07) is 12.4. The molecule has 2 fully saturated rings. The van der Waals surface area contributed by atoms with Gasteiger partial charge in [-0.2, -0.15) is 13.2 Å². The van der Waals surface area contributed by atoms with E-state index < -0.39 is 42.2 Å². The molecular weight excluding hydrogens is 483 g/mol. The zero-order valence-electron chi connectivity index (χ0n) is 20.3. The summed E-state index contributed by atoms with van der Waals surface area (Å²) in [7, 11) is 0. The maximum Gasteiger partial charge on any atom is 0.416 e. The Morgan fingerprint density at radius 2 is 1.81 bits per heavy atom. The van der Waals surface area contributed by atoms with Gasteiger partial charge in [0, 0.05) is 30.1 Å². The number of β-amino-alcohol motifs (C(OH)–C–C–N with tert-alkyl or cyclic N) is 1. The molecule has 1 heterocycles. The summed E-state index contributed by atoms with van der Waals surface area (Å²) >= 11 is 0. The molecule has 196 valence electrons. The fourth-order valence-corrected chi connectivity index (χ4v) is 5.97. The normalized spacial score (nSPS) is 27.3. The van der Waals surface area contributed by atoms with Crippen LogP contribution in [0.3, 0.4) is 0 Å². The van der Waals surface area contributed by atoms with Gasteiger partial charge in [0.15, 0.2) is 0 Å². The minimum Gasteiger partial charge on any atom is -0.390 e. The number of likely N-dealkylation sites (tertiary alicyclic amines) is 1. The van der Waals surface area contributed by atoms with Crippen molar-refractivity contribution in [1.82, 2.24) is 15.5 Å². The second-order valence-corrected chi connectivity index (χ2v) is 10.3. The van der Waals surface area contributed by atoms with Crippen LogP contribution in [0, 0.1) is 0 Å². The lowest BCUT2D eigenvalue weighted by Gasteiger charge is -2.40. The molecule has 1 aliphatic heterocycles. The van der Waals surface area contributed by atoms with E-state index in [4.69, 9.17) is 0 Å². The molecule has 3 aliphatic rings. The predicted octanol–water partition coefficient (Wildman–Crippen LogP) is 3.50. The Balaban J connectivity index is 1.10. The van der Waals surface area contributed by atoms with Crippen LogP contribution in [0.15, 0.2) is 54.6 Å². The number of fused-ring (bicyclic) bond motifs is 2. The number of alkyl halides is 3. The van der Waals surface area contributed by atoms with E-state index in [0.29, 0.717) is 19.1 Å². The van der Waals surface area contributed by atoms with Crippen LogP contribution in [0.4, 0.5) is 13.2 Å². The van der Waals surface area contributed by atoms with Crippen molar-refractivity contribution in [2.45, 2.75) is 55.5 Å². The van der Waals surface area contributed by atoms with Gasteiger partial charge in [-0.25, -0.2) is 0 Å². The second kappa shape index (κ2) is 9.95. The third kappa shape index (κ3) is 5.29. The lowest BCUT2D eigenvalue weighted by atomic mass is 9.69. The zero-order valence-corrected chi connectivity index (χ0v) is 20.3. The molecule has 1 saturated carbocycles. The topological polar surface area (TPSA) is 81.7 Å². The van der Waals surface area contributed by atoms with E-state index in [1.165, 1.54) is 17.2 Å². The molecule has 0 bridgehead atoms. The molecule has 1 saturated heterocycles. The van der Waals surface area contributed by atoms with Crippen molar-refractivity contribution in [1.29, 1.82) is 0 Å². The summed E-state index contributed by atoms with van der Waals surface area (Å²) in [5.41, 5.74) is 1.68. The summed E-state index contributed by atoms with van der Waals surface area (Å²) in [4.78, 5) is 26.9. The molecule has 5 rings (SSSR count). The number of halogens is 3. The van der Waals surface area contributed by atoms with Gasteiger partial charge in [0.25, 0.3) is 5.91 Å². The molecule has 0 radical (unpaired) electrons. The quantitative estimate of drug-likeness (QED) is 0.572. The van der Waals surface area contributed by atoms with Gasteiger partial charge in [-0.05, 0) is 55.0 Å². The van der Waals surface area contributed by atoms with Gasteiger partial charge < -0.3 is 15.7 Å². The maximum absolute atomic E-state index is 12.9. The number of carbonyl (C=O) groups excluding carboxylic acids is 2. The smallest absolute Gasteiger partial charge is 0.390 e. The number of benzene rings is 2. The highest BCUT2D eigenvalue weighted by Crippen LogP contribution is 2.47. The van der Waals surface area contributed by atoms with E-state index in [0.717, 1.165) is 43.9 Å². The van der Waals surface area contributed by atoms with Gasteiger partial charge in [-0.1, -0.05) is 42.5 Å². The molecule has 1 unspecified atom stereocenters. The Bertz CT molecular complexity index is 1200. The summed E-state index contributed by atoms with van der Waals surface area (Å²) in [5, 5.41) is 15.7. The maximum atomic E-state index is 12.9. The monoisotopic (exact) mass is 513 g/mol. The SMILES string of the molecule is O=C(CNC(=O)c1cccc(C(F)(F)F)c1)N[C@H]1CN(C2CCC3(C=Cc4ccccc43)CC2)CC1O. The number of rotatable bonds is 5. The van der Waals surface area contributed by atoms with Crippen LogP contribution in [-0.4, -0.2) is 59.6 Å². The van der Waals surface area contributed by atoms with Gasteiger partial charge >= 0.3 is 6.18 Å². The van der Waals surface area contributed by atoms with E-state index in [2.05, 4.69) is 52.0 Å². The van der Waals surface area contributed by atoms with Crippen molar-refractivity contribution in [2.75, 3.05) is 19.6 Å². The highest BCUT2D eigenvalue weighted by Gasteiger charge is 2.42. The lowest BCUT2D eigenvalue weighted by Crippen LogP contribution is -2.47. The Hall–Kier alpha value is -3.17. The average Bonchev–Trinajstić information content (AvgIpc) is 3.43. The first-order valence-electron chi connectivity index (χ1n) is 12.6. The molecule has 2 amide bonds. The van der Waals surface area contributed by atoms with Crippen LogP contribution >= 0.6 is 0 Å². The highest BCUT2D eigenvalue weighted by molar-refractivity contribution is 5.96. The van der Waals surface area contributed by atoms with Crippen LogP contribution in [0.25, 0.3) is 6.08 Å². The van der Waals surface area contributed by atoms with Gasteiger partial charge in [-0.15, -0.1) is 0 Å². The zero-order chi connectivity index (χ0) is 26.2. The van der Waals surface area contributed by atoms with Crippen molar-refractivity contribution in [3.05, 3.63) is 76.9 Å². The molecule has 2 atom stereocenters. The summed E-state index contributed by atoms with van der Waals surface area (Å²) in [5.74, 6) is -1.27. The third-order valence-electron chi connectivity index (χ3n) is 7.97. The molecular formula is C28H30F3N3O3. The average molecular weight is 514 g/mol. The first kappa shape index (κ1) is 25.5. The number of nitrogens with zero attached hydrogens (tertiary/aromatic N) is 1. The number of hydrogen-bond acceptors (Lipinski definition) is 4. The number of carbonyl (C=O) groups is 2. The molecule has 37 heavy (non-hydrogen) atoms. The van der Waals surface area contributed by atoms with Crippen LogP contribution in [0.5, 0.6) is 0 Å². The van der Waals surface area contributed by atoms with E-state index in [1.54, 1.807) is 0 Å². The molecule has 2 aromatic rings. The molecule has 2 aromatic carbocycles. The van der Waals surface area contributed by atoms with Gasteiger partial charge in [0.2, 0.25) is 5.91 Å². The molecule has 9 heteroatoms. The predicted molar refractivity (Wildman–Crippen MR) is 133 cm³/mol. The van der Waals surface area contributed by atoms with E-state index in [1.807, 2.05) is 0 Å². The number of amides is 2. The molecule has 0 aromatic heterocycles. The number of aliphatic hydroxyl groups is 1. The summed E-state index contributed by atoms with van der Waals surface area (Å²) in [6.07, 6.45) is 3.34. The minimum absolute atomic E-state index is 0.0941. The van der Waals surface area contributed by atoms with Crippen molar-refractivity contribution >= 4 is 17.9 Å². The van der Waals surface area contributed by atoms with E-state index in [9.17, 15) is 27.9 Å². The van der Waals surface area contributed by atoms with E-state index >= 15 is 0 Å². The Kier molecular flexibility index (Phi) is 6.85. The van der Waals surface area contributed by atoms with Crippen LogP contribution in [0.2, 0.25) is 0 Å². The number of nitrogens with one attached hydrogen (secondary N) is 2. The largest absolute Gasteiger partial charge is 0.416 e. The number of hydrogen-bond donors (Lipinski definition) is 3. The van der Waals surface area contributed by atoms with Crippen molar-refractivity contribution in [3.8, 4) is 0 Å². The fourth-order valence-electron chi connectivity index (χ4n) is 5.97. The number of allylic oxidation sites excluding steroid dienone is 1. The number of aliphatic hydroxyl groups excluding tert-OH is 1. The standard InChI is InChI=1S/C28H30F3N3O3/c29-28(30,31)20-6-3-5-19(14-20)26(37)32-15-25(36)33-23-16-34(17-24(23)35)21-9-12-27(13-10-21)11-8-18-4-1-2-7-22(18)27/h1-8,11,14,21,23-24,35H,9-10,12-13,15-17H2,(H,32,37)(H,33,36)/t21?,23-,24?,27?/m0/s1. The molecule has 3 N–H and O–H groups in total. The van der Waals surface area contributed by atoms with Crippen LogP contribution in [-0.2, 0) is 16.4 Å². The van der Waals surface area contributed by atoms with Crippen LogP contribution in [0.1, 0.15) is 52.7 Å².